The number of hydrogen-bond donors (Lipinski definition) is 2. The third-order valence-corrected chi connectivity index (χ3v) is 7.60. The van der Waals surface area contributed by atoms with Crippen LogP contribution in [0.1, 0.15) is 71.6 Å². The van der Waals surface area contributed by atoms with E-state index in [2.05, 4.69) is 52.1 Å². The van der Waals surface area contributed by atoms with E-state index in [1.807, 2.05) is 6.07 Å². The molecule has 3 rings (SSSR count). The predicted molar refractivity (Wildman–Crippen MR) is 157 cm³/mol. The summed E-state index contributed by atoms with van der Waals surface area (Å²) in [4.78, 5) is 26.1. The van der Waals surface area contributed by atoms with Crippen molar-refractivity contribution in [2.24, 2.45) is 11.3 Å². The van der Waals surface area contributed by atoms with Crippen LogP contribution in [0.3, 0.4) is 0 Å². The maximum atomic E-state index is 13.1. The maximum Gasteiger partial charge on any atom is 0.417 e. The third-order valence-electron chi connectivity index (χ3n) is 7.60. The summed E-state index contributed by atoms with van der Waals surface area (Å²) < 4.78 is 12.9. The molecule has 1 aromatic heterocycles. The number of fused-ring (bicyclic) bond motifs is 1. The van der Waals surface area contributed by atoms with Crippen molar-refractivity contribution in [3.63, 3.8) is 0 Å². The molecule has 2 aromatic rings. The van der Waals surface area contributed by atoms with Crippen molar-refractivity contribution in [1.82, 2.24) is 4.57 Å². The number of ether oxygens (including phenoxy) is 2. The van der Waals surface area contributed by atoms with E-state index < -0.39 is 6.09 Å². The van der Waals surface area contributed by atoms with Crippen LogP contribution in [0.4, 0.5) is 10.5 Å². The van der Waals surface area contributed by atoms with Crippen LogP contribution in [0.2, 0.25) is 0 Å². The molecule has 1 heterocycles. The molecule has 0 saturated heterocycles. The number of methoxy groups -OCH3 is 1. The first-order chi connectivity index (χ1) is 18.6. The monoisotopic (exact) mass is 536 g/mol. The Morgan fingerprint density at radius 1 is 1.18 bits per heavy atom. The lowest BCUT2D eigenvalue weighted by Gasteiger charge is -2.41. The van der Waals surface area contributed by atoms with E-state index in [4.69, 9.17) is 9.47 Å². The number of nitrogens with zero attached hydrogens (tertiary/aromatic N) is 1. The summed E-state index contributed by atoms with van der Waals surface area (Å²) in [5.74, 6) is 1.13. The number of carbonyl (C=O) groups is 1. The van der Waals surface area contributed by atoms with Crippen molar-refractivity contribution in [3.8, 4) is 11.5 Å². The van der Waals surface area contributed by atoms with Gasteiger partial charge in [-0.05, 0) is 82.8 Å². The summed E-state index contributed by atoms with van der Waals surface area (Å²) in [5, 5.41) is 12.2. The fourth-order valence-corrected chi connectivity index (χ4v) is 5.22. The number of amides is 1. The molecule has 0 saturated carbocycles. The summed E-state index contributed by atoms with van der Waals surface area (Å²) in [6.07, 6.45) is 8.78. The van der Waals surface area contributed by atoms with E-state index in [1.165, 1.54) is 24.3 Å². The lowest BCUT2D eigenvalue weighted by molar-refractivity contribution is 0.182. The Morgan fingerprint density at radius 3 is 2.62 bits per heavy atom. The Balaban J connectivity index is 1.91. The van der Waals surface area contributed by atoms with Crippen LogP contribution in [-0.2, 0) is 19.4 Å². The molecule has 0 fully saturated rings. The fourth-order valence-electron chi connectivity index (χ4n) is 5.22. The van der Waals surface area contributed by atoms with Crippen LogP contribution in [0.25, 0.3) is 0 Å². The third kappa shape index (κ3) is 8.09. The Labute approximate surface area is 232 Å². The van der Waals surface area contributed by atoms with E-state index >= 15 is 0 Å². The summed E-state index contributed by atoms with van der Waals surface area (Å²) in [6.45, 7) is 11.4. The molecule has 212 valence electrons. The number of pyridine rings is 1. The highest BCUT2D eigenvalue weighted by molar-refractivity contribution is 5.88. The number of hydrogen-bond acceptors (Lipinski definition) is 5. The van der Waals surface area contributed by atoms with Crippen molar-refractivity contribution in [2.45, 2.75) is 79.7 Å². The molecule has 0 radical (unpaired) electrons. The van der Waals surface area contributed by atoms with Gasteiger partial charge in [-0.3, -0.25) is 10.1 Å². The minimum atomic E-state index is -0.675. The van der Waals surface area contributed by atoms with Crippen molar-refractivity contribution in [1.29, 1.82) is 0 Å². The molecule has 0 aliphatic heterocycles. The first-order valence-electron chi connectivity index (χ1n) is 13.8. The Hall–Kier alpha value is -3.32. The lowest BCUT2D eigenvalue weighted by Crippen LogP contribution is -2.38. The van der Waals surface area contributed by atoms with Gasteiger partial charge >= 0.3 is 6.09 Å². The number of aliphatic hydroxyl groups is 1. The highest BCUT2D eigenvalue weighted by atomic mass is 16.6. The minimum absolute atomic E-state index is 0.00358. The van der Waals surface area contributed by atoms with Crippen molar-refractivity contribution < 1.29 is 19.4 Å². The standard InChI is InChI=1S/C32H44N2O5/c1-22(2)11-9-12-23(3)15-16-24-19-25-27(21-32(24,4)5)34(17-10-18-35)30(36)20-29(25)39-31(37)33-26-13-7-8-14-28(26)38-6/h7-8,11,13-15,20,24,35H,9-10,12,16-19,21H2,1-6H3,(H,33,37)/b23-15+. The largest absolute Gasteiger partial charge is 0.495 e. The van der Waals surface area contributed by atoms with E-state index in [9.17, 15) is 14.7 Å². The fraction of sp³-hybridized carbons (Fsp3) is 0.500. The van der Waals surface area contributed by atoms with Crippen LogP contribution in [0.15, 0.2) is 58.4 Å². The molecule has 1 unspecified atom stereocenters. The number of carbonyl (C=O) groups excluding carboxylic acids is 1. The average Bonchev–Trinajstić information content (AvgIpc) is 2.87. The second-order valence-electron chi connectivity index (χ2n) is 11.4. The van der Waals surface area contributed by atoms with Gasteiger partial charge in [0, 0.05) is 30.5 Å². The molecule has 0 bridgehead atoms. The van der Waals surface area contributed by atoms with Crippen molar-refractivity contribution in [3.05, 3.63) is 75.2 Å². The Morgan fingerprint density at radius 2 is 1.92 bits per heavy atom. The van der Waals surface area contributed by atoms with Gasteiger partial charge < -0.3 is 19.1 Å². The van der Waals surface area contributed by atoms with Gasteiger partial charge in [0.2, 0.25) is 0 Å². The summed E-state index contributed by atoms with van der Waals surface area (Å²) in [5.41, 5.74) is 4.69. The number of anilines is 1. The molecule has 7 nitrogen and oxygen atoms in total. The van der Waals surface area contributed by atoms with E-state index in [0.29, 0.717) is 48.9 Å². The smallest absolute Gasteiger partial charge is 0.417 e. The van der Waals surface area contributed by atoms with Gasteiger partial charge in [-0.2, -0.15) is 0 Å². The highest BCUT2D eigenvalue weighted by Gasteiger charge is 2.38. The lowest BCUT2D eigenvalue weighted by atomic mass is 9.66. The first kappa shape index (κ1) is 30.2. The zero-order valence-electron chi connectivity index (χ0n) is 24.3. The van der Waals surface area contributed by atoms with Gasteiger partial charge in [-0.25, -0.2) is 4.79 Å². The van der Waals surface area contributed by atoms with Crippen LogP contribution in [0, 0.1) is 11.3 Å². The van der Waals surface area contributed by atoms with Gasteiger partial charge in [0.25, 0.3) is 5.56 Å². The summed E-state index contributed by atoms with van der Waals surface area (Å²) >= 11 is 0. The Bertz CT molecular complexity index is 1270. The second kappa shape index (κ2) is 13.7. The van der Waals surface area contributed by atoms with Gasteiger partial charge in [0.15, 0.2) is 0 Å². The topological polar surface area (TPSA) is 89.8 Å². The highest BCUT2D eigenvalue weighted by Crippen LogP contribution is 2.44. The van der Waals surface area contributed by atoms with Crippen LogP contribution < -0.4 is 20.3 Å². The van der Waals surface area contributed by atoms with E-state index in [1.54, 1.807) is 22.8 Å². The second-order valence-corrected chi connectivity index (χ2v) is 11.4. The number of rotatable bonds is 11. The van der Waals surface area contributed by atoms with Crippen LogP contribution in [-0.4, -0.2) is 29.5 Å². The van der Waals surface area contributed by atoms with Crippen molar-refractivity contribution >= 4 is 11.8 Å². The summed E-state index contributed by atoms with van der Waals surface area (Å²) in [7, 11) is 1.54. The molecular formula is C32H44N2O5. The zero-order valence-corrected chi connectivity index (χ0v) is 24.3. The zero-order chi connectivity index (χ0) is 28.6. The minimum Gasteiger partial charge on any atom is -0.495 e. The van der Waals surface area contributed by atoms with E-state index in [0.717, 1.165) is 30.5 Å². The quantitative estimate of drug-likeness (QED) is 0.313. The molecule has 2 N–H and O–H groups in total. The van der Waals surface area contributed by atoms with Gasteiger partial charge in [0.05, 0.1) is 12.8 Å². The molecule has 1 aliphatic carbocycles. The SMILES string of the molecule is COc1ccccc1NC(=O)Oc1cc(=O)n(CCCO)c2c1CC(C/C=C(\C)CCC=C(C)C)C(C)(C)C2. The molecule has 39 heavy (non-hydrogen) atoms. The van der Waals surface area contributed by atoms with Crippen LogP contribution >= 0.6 is 0 Å². The average molecular weight is 537 g/mol. The normalized spacial score (nSPS) is 16.3. The molecule has 1 aromatic carbocycles. The summed E-state index contributed by atoms with van der Waals surface area (Å²) in [6, 6.07) is 8.50. The van der Waals surface area contributed by atoms with Gasteiger partial charge in [-0.15, -0.1) is 0 Å². The molecular weight excluding hydrogens is 492 g/mol. The number of allylic oxidation sites excluding steroid dienone is 4. The van der Waals surface area contributed by atoms with Gasteiger partial charge in [-0.1, -0.05) is 49.3 Å². The number of nitrogens with one attached hydrogen (secondary N) is 1. The van der Waals surface area contributed by atoms with Crippen molar-refractivity contribution in [2.75, 3.05) is 19.0 Å². The Kier molecular flexibility index (Phi) is 10.6. The molecule has 1 atom stereocenters. The predicted octanol–water partition coefficient (Wildman–Crippen LogP) is 6.67. The van der Waals surface area contributed by atoms with E-state index in [-0.39, 0.29) is 17.6 Å². The van der Waals surface area contributed by atoms with Gasteiger partial charge in [0.1, 0.15) is 11.5 Å². The number of benzene rings is 1. The molecule has 1 amide bonds. The van der Waals surface area contributed by atoms with Crippen LogP contribution in [0.5, 0.6) is 11.5 Å². The molecule has 1 aliphatic rings. The number of para-hydroxylation sites is 2. The molecule has 7 heteroatoms. The number of aromatic nitrogens is 1. The first-order valence-corrected chi connectivity index (χ1v) is 13.8. The molecule has 0 spiro atoms. The number of aliphatic hydroxyl groups excluding tert-OH is 1. The maximum absolute atomic E-state index is 13.1.